The Kier molecular flexibility index (Phi) is 88.1. The molecule has 0 aliphatic rings. The maximum absolute atomic E-state index is 8.38. The Labute approximate surface area is 65.2 Å². The Balaban J connectivity index is -0.00000000500. The summed E-state index contributed by atoms with van der Waals surface area (Å²) in [5, 5.41) is 0. The Hall–Kier alpha value is 1.87. The minimum atomic E-state index is 0. The van der Waals surface area contributed by atoms with E-state index in [1.807, 2.05) is 0 Å². The first-order valence-electron chi connectivity index (χ1n) is 0.289. The van der Waals surface area contributed by atoms with Gasteiger partial charge in [0.05, 0.1) is 0 Å². The van der Waals surface area contributed by atoms with E-state index < -0.39 is 0 Å². The summed E-state index contributed by atoms with van der Waals surface area (Å²) in [5.74, 6) is 0. The van der Waals surface area contributed by atoms with Gasteiger partial charge in [-0.25, -0.2) is 0 Å². The molecule has 0 aromatic heterocycles. The second kappa shape index (κ2) is 20.8. The first-order chi connectivity index (χ1) is 1.00. The van der Waals surface area contributed by atoms with Crippen molar-refractivity contribution in [3.8, 4) is 0 Å². The summed E-state index contributed by atoms with van der Waals surface area (Å²) in [5.41, 5.74) is 0. The molecule has 0 spiro atoms. The van der Waals surface area contributed by atoms with E-state index in [0.29, 0.717) is 0 Å². The zero-order chi connectivity index (χ0) is 2.00. The molecule has 0 N–H and O–H groups in total. The number of hydrogen-bond acceptors (Lipinski definition) is 1. The summed E-state index contributed by atoms with van der Waals surface area (Å²) in [6, 6.07) is 0. The predicted molar refractivity (Wildman–Crippen MR) is 12.0 cm³/mol. The monoisotopic (exact) mass is 397 g/mol. The van der Waals surface area contributed by atoms with Crippen molar-refractivity contribution in [2.45, 2.75) is 0 Å². The summed E-state index contributed by atoms with van der Waals surface area (Å²) in [6.07, 6.45) is 0. The number of rotatable bonds is 0. The van der Waals surface area contributed by atoms with Crippen LogP contribution < -0.4 is 0 Å². The van der Waals surface area contributed by atoms with Crippen LogP contribution >= 0.6 is 0 Å². The van der Waals surface area contributed by atoms with Crippen LogP contribution in [-0.4, -0.2) is 23.9 Å². The molecule has 0 saturated carbocycles. The van der Waals surface area contributed by atoms with Crippen LogP contribution in [0, 0.1) is 0 Å². The standard InChI is InChI=1S/Ir.O.Sn.Zn.4H. The molecule has 0 heterocycles. The fraction of sp³-hybridized carbons (Fsp3) is 0. The van der Waals surface area contributed by atoms with Gasteiger partial charge in [0.15, 0.2) is 0 Å². The minimum absolute atomic E-state index is 0. The first-order valence-corrected chi connectivity index (χ1v) is 1.50. The summed E-state index contributed by atoms with van der Waals surface area (Å²) >= 11 is 0.125. The first kappa shape index (κ1) is 16.9. The van der Waals surface area contributed by atoms with E-state index >= 15 is 0 Å². The Morgan fingerprint density at radius 3 is 1.25 bits per heavy atom. The van der Waals surface area contributed by atoms with Crippen molar-refractivity contribution in [3.63, 3.8) is 0 Å². The quantitative estimate of drug-likeness (QED) is 0.452. The van der Waals surface area contributed by atoms with Crippen molar-refractivity contribution >= 4 is 23.9 Å². The third-order valence-corrected chi connectivity index (χ3v) is 0. The second-order valence-electron chi connectivity index (χ2n) is 0. The van der Waals surface area contributed by atoms with Crippen LogP contribution in [0.2, 0.25) is 0 Å². The molecule has 0 amide bonds. The van der Waals surface area contributed by atoms with E-state index in [-0.39, 0.29) is 62.3 Å². The van der Waals surface area contributed by atoms with Gasteiger partial charge in [0.2, 0.25) is 0 Å². The average Bonchev–Trinajstić information content (AvgIpc) is 1.00. The fourth-order valence-electron chi connectivity index (χ4n) is 0. The van der Waals surface area contributed by atoms with Crippen LogP contribution in [-0.2, 0) is 41.9 Å². The van der Waals surface area contributed by atoms with Gasteiger partial charge < -0.3 is 0 Å². The van der Waals surface area contributed by atoms with Gasteiger partial charge >= 0.3 is 45.7 Å². The van der Waals surface area contributed by atoms with E-state index in [9.17, 15) is 0 Å². The van der Waals surface area contributed by atoms with Crippen LogP contribution in [0.4, 0.5) is 0 Å². The normalized spacial score (nSPS) is 1.50. The van der Waals surface area contributed by atoms with Gasteiger partial charge in [-0.3, -0.25) is 0 Å². The van der Waals surface area contributed by atoms with Crippen LogP contribution in [0.1, 0.15) is 0 Å². The molecule has 1 radical (unpaired) electrons. The molecule has 0 aromatic rings. The van der Waals surface area contributed by atoms with Crippen LogP contribution in [0.3, 0.4) is 0 Å². The summed E-state index contributed by atoms with van der Waals surface area (Å²) in [7, 11) is 0. The van der Waals surface area contributed by atoms with Gasteiger partial charge in [-0.05, 0) is 0 Å². The van der Waals surface area contributed by atoms with Gasteiger partial charge in [-0.15, -0.1) is 0 Å². The molecule has 4 heteroatoms. The molecule has 0 aromatic carbocycles. The van der Waals surface area contributed by atoms with E-state index in [4.69, 9.17) is 3.57 Å². The molecule has 4 heavy (non-hydrogen) atoms. The van der Waals surface area contributed by atoms with Crippen LogP contribution in [0.25, 0.3) is 0 Å². The molecule has 25 valence electrons. The molecular formula is H4IrOSnZn. The van der Waals surface area contributed by atoms with E-state index in [1.165, 1.54) is 0 Å². The molecule has 0 bridgehead atoms. The summed E-state index contributed by atoms with van der Waals surface area (Å²) < 4.78 is 8.38. The van der Waals surface area contributed by atoms with Crippen molar-refractivity contribution in [2.75, 3.05) is 0 Å². The van der Waals surface area contributed by atoms with Gasteiger partial charge in [-0.2, -0.15) is 0 Å². The zero-order valence-electron chi connectivity index (χ0n) is 1.45. The molecule has 0 fully saturated rings. The van der Waals surface area contributed by atoms with E-state index in [1.54, 1.807) is 0 Å². The summed E-state index contributed by atoms with van der Waals surface area (Å²) in [4.78, 5) is 0. The zero-order valence-corrected chi connectivity index (χ0v) is 6.81. The Morgan fingerprint density at radius 1 is 1.25 bits per heavy atom. The third kappa shape index (κ3) is 9.11. The molecule has 0 saturated heterocycles. The van der Waals surface area contributed by atoms with E-state index in [0.717, 1.165) is 0 Å². The van der Waals surface area contributed by atoms with Gasteiger partial charge in [0, 0.05) is 20.1 Å². The second-order valence-corrected chi connectivity index (χ2v) is 0. The molecule has 0 aliphatic heterocycles. The molecule has 0 aliphatic carbocycles. The average molecular weight is 396 g/mol. The fourth-order valence-corrected chi connectivity index (χ4v) is 0. The van der Waals surface area contributed by atoms with Gasteiger partial charge in [-0.1, -0.05) is 0 Å². The Morgan fingerprint density at radius 2 is 1.25 bits per heavy atom. The third-order valence-electron chi connectivity index (χ3n) is 0. The van der Waals surface area contributed by atoms with Crippen molar-refractivity contribution in [1.29, 1.82) is 0 Å². The number of hydrogen-bond donors (Lipinski definition) is 0. The predicted octanol–water partition coefficient (Wildman–Crippen LogP) is -1.58. The molecular weight excluding hydrogens is 392 g/mol. The molecule has 0 unspecified atom stereocenters. The van der Waals surface area contributed by atoms with Crippen molar-refractivity contribution in [1.82, 2.24) is 0 Å². The molecule has 0 atom stereocenters. The molecule has 0 rings (SSSR count). The molecule has 1 nitrogen and oxygen atoms in total. The van der Waals surface area contributed by atoms with Gasteiger partial charge in [0.25, 0.3) is 0 Å². The SMILES string of the molecule is [Ir].[O]=[Zn].[SnH4]. The van der Waals surface area contributed by atoms with Crippen molar-refractivity contribution in [2.24, 2.45) is 0 Å². The maximum atomic E-state index is 8.38. The topological polar surface area (TPSA) is 17.1 Å². The van der Waals surface area contributed by atoms with Crippen LogP contribution in [0.15, 0.2) is 0 Å². The summed E-state index contributed by atoms with van der Waals surface area (Å²) in [6.45, 7) is 0. The van der Waals surface area contributed by atoms with Crippen LogP contribution in [0.5, 0.6) is 0 Å². The van der Waals surface area contributed by atoms with E-state index in [2.05, 4.69) is 0 Å². The van der Waals surface area contributed by atoms with Crippen molar-refractivity contribution < 1.29 is 41.9 Å². The Bertz CT molecular complexity index is 8.00. The van der Waals surface area contributed by atoms with Gasteiger partial charge in [0.1, 0.15) is 0 Å². The van der Waals surface area contributed by atoms with Crippen molar-refractivity contribution in [3.05, 3.63) is 0 Å².